The summed E-state index contributed by atoms with van der Waals surface area (Å²) in [6.07, 6.45) is 1.52. The Morgan fingerprint density at radius 3 is 2.27 bits per heavy atom. The van der Waals surface area contributed by atoms with Gasteiger partial charge in [0.05, 0.1) is 45.2 Å². The molecule has 1 heterocycles. The van der Waals surface area contributed by atoms with E-state index in [1.54, 1.807) is 12.1 Å². The highest BCUT2D eigenvalue weighted by molar-refractivity contribution is 9.10. The molecule has 0 unspecified atom stereocenters. The zero-order valence-corrected chi connectivity index (χ0v) is 27.5. The van der Waals surface area contributed by atoms with Crippen molar-refractivity contribution in [1.82, 2.24) is 9.99 Å². The first kappa shape index (κ1) is 32.4. The van der Waals surface area contributed by atoms with Gasteiger partial charge in [-0.05, 0) is 62.4 Å². The number of rotatable bonds is 12. The number of nitrogens with one attached hydrogen (secondary N) is 1. The van der Waals surface area contributed by atoms with Crippen LogP contribution >= 0.6 is 15.9 Å². The molecule has 4 aromatic rings. The van der Waals surface area contributed by atoms with E-state index in [9.17, 15) is 13.2 Å². The largest absolute Gasteiger partial charge is 0.497 e. The number of methoxy groups -OCH3 is 4. The summed E-state index contributed by atoms with van der Waals surface area (Å²) in [6.45, 7) is 3.31. The number of aromatic nitrogens is 1. The number of anilines is 1. The molecule has 0 aliphatic rings. The number of nitrogens with zero attached hydrogens (tertiary/aromatic N) is 3. The minimum absolute atomic E-state index is 0.0957. The van der Waals surface area contributed by atoms with Crippen molar-refractivity contribution in [3.63, 3.8) is 0 Å². The lowest BCUT2D eigenvalue weighted by atomic mass is 10.2. The molecule has 13 heteroatoms. The number of hydrazone groups is 1. The monoisotopic (exact) mass is 684 g/mol. The number of aryl methyl sites for hydroxylation is 1. The van der Waals surface area contributed by atoms with Crippen LogP contribution in [0.1, 0.15) is 17.0 Å². The third-order valence-electron chi connectivity index (χ3n) is 6.81. The van der Waals surface area contributed by atoms with Crippen LogP contribution in [0, 0.1) is 13.8 Å². The molecule has 4 rings (SSSR count). The quantitative estimate of drug-likeness (QED) is 0.160. The Morgan fingerprint density at radius 1 is 0.909 bits per heavy atom. The van der Waals surface area contributed by atoms with Gasteiger partial charge in [0.25, 0.3) is 15.9 Å². The molecular formula is C31H33BrN4O7S. The first-order valence-corrected chi connectivity index (χ1v) is 15.5. The summed E-state index contributed by atoms with van der Waals surface area (Å²) >= 11 is 3.51. The van der Waals surface area contributed by atoms with Crippen LogP contribution in [-0.2, 0) is 14.8 Å². The van der Waals surface area contributed by atoms with Gasteiger partial charge in [0, 0.05) is 39.2 Å². The van der Waals surface area contributed by atoms with Crippen molar-refractivity contribution in [1.29, 1.82) is 0 Å². The minimum Gasteiger partial charge on any atom is -0.497 e. The average molecular weight is 686 g/mol. The van der Waals surface area contributed by atoms with Crippen LogP contribution in [-0.4, -0.2) is 60.1 Å². The third kappa shape index (κ3) is 6.84. The second kappa shape index (κ2) is 13.9. The molecule has 0 fully saturated rings. The molecule has 0 spiro atoms. The third-order valence-corrected chi connectivity index (χ3v) is 9.06. The minimum atomic E-state index is -4.34. The highest BCUT2D eigenvalue weighted by Gasteiger charge is 2.31. The Labute approximate surface area is 265 Å². The van der Waals surface area contributed by atoms with Crippen LogP contribution in [0.3, 0.4) is 0 Å². The van der Waals surface area contributed by atoms with E-state index >= 15 is 0 Å². The molecule has 0 saturated carbocycles. The lowest BCUT2D eigenvalue weighted by Crippen LogP contribution is -2.39. The number of ether oxygens (including phenoxy) is 4. The van der Waals surface area contributed by atoms with E-state index in [2.05, 4.69) is 31.0 Å². The van der Waals surface area contributed by atoms with Crippen molar-refractivity contribution in [3.05, 3.63) is 88.2 Å². The Hall–Kier alpha value is -4.49. The molecule has 232 valence electrons. The van der Waals surface area contributed by atoms with E-state index in [-0.39, 0.29) is 22.1 Å². The number of amides is 1. The van der Waals surface area contributed by atoms with E-state index in [1.807, 2.05) is 44.2 Å². The number of sulfonamides is 1. The van der Waals surface area contributed by atoms with Gasteiger partial charge in [-0.2, -0.15) is 5.10 Å². The fourth-order valence-corrected chi connectivity index (χ4v) is 6.49. The van der Waals surface area contributed by atoms with Crippen molar-refractivity contribution in [2.45, 2.75) is 18.7 Å². The van der Waals surface area contributed by atoms with Gasteiger partial charge in [0.15, 0.2) is 11.5 Å². The lowest BCUT2D eigenvalue weighted by Gasteiger charge is -2.26. The predicted molar refractivity (Wildman–Crippen MR) is 172 cm³/mol. The Kier molecular flexibility index (Phi) is 10.2. The van der Waals surface area contributed by atoms with Crippen LogP contribution in [0.15, 0.2) is 81.2 Å². The van der Waals surface area contributed by atoms with E-state index in [1.165, 1.54) is 58.9 Å². The molecule has 0 aliphatic carbocycles. The summed E-state index contributed by atoms with van der Waals surface area (Å²) in [5.41, 5.74) is 6.20. The van der Waals surface area contributed by atoms with E-state index < -0.39 is 22.5 Å². The molecule has 0 aliphatic heterocycles. The Balaban J connectivity index is 1.66. The average Bonchev–Trinajstić information content (AvgIpc) is 3.30. The molecule has 0 radical (unpaired) electrons. The van der Waals surface area contributed by atoms with Crippen LogP contribution in [0.5, 0.6) is 23.0 Å². The van der Waals surface area contributed by atoms with Crippen molar-refractivity contribution >= 4 is 43.8 Å². The maximum Gasteiger partial charge on any atom is 0.265 e. The molecule has 11 nitrogen and oxygen atoms in total. The summed E-state index contributed by atoms with van der Waals surface area (Å²) in [6, 6.07) is 18.7. The summed E-state index contributed by atoms with van der Waals surface area (Å²) in [5.74, 6) is 0.457. The Morgan fingerprint density at radius 2 is 1.61 bits per heavy atom. The van der Waals surface area contributed by atoms with Gasteiger partial charge < -0.3 is 23.5 Å². The van der Waals surface area contributed by atoms with Crippen LogP contribution in [0.2, 0.25) is 0 Å². The summed E-state index contributed by atoms with van der Waals surface area (Å²) in [5, 5.41) is 4.13. The maximum absolute atomic E-state index is 14.1. The predicted octanol–water partition coefficient (Wildman–Crippen LogP) is 5.24. The van der Waals surface area contributed by atoms with Crippen LogP contribution < -0.4 is 28.7 Å². The first-order valence-electron chi connectivity index (χ1n) is 13.3. The lowest BCUT2D eigenvalue weighted by molar-refractivity contribution is -0.119. The fourth-order valence-electron chi connectivity index (χ4n) is 4.67. The molecule has 0 atom stereocenters. The number of hydrogen-bond donors (Lipinski definition) is 1. The fraction of sp³-hybridized carbons (Fsp3) is 0.226. The van der Waals surface area contributed by atoms with Gasteiger partial charge in [-0.15, -0.1) is 0 Å². The van der Waals surface area contributed by atoms with Crippen LogP contribution in [0.4, 0.5) is 5.69 Å². The zero-order valence-electron chi connectivity index (χ0n) is 25.1. The number of carbonyl (C=O) groups is 1. The number of halogens is 1. The van der Waals surface area contributed by atoms with Gasteiger partial charge >= 0.3 is 0 Å². The number of hydrogen-bond acceptors (Lipinski definition) is 8. The Bertz CT molecular complexity index is 1800. The number of benzene rings is 3. The van der Waals surface area contributed by atoms with E-state index in [4.69, 9.17) is 18.9 Å². The zero-order chi connectivity index (χ0) is 32.0. The van der Waals surface area contributed by atoms with Crippen molar-refractivity contribution in [3.8, 4) is 28.7 Å². The number of carbonyl (C=O) groups excluding carboxylic acids is 1. The highest BCUT2D eigenvalue weighted by atomic mass is 79.9. The van der Waals surface area contributed by atoms with Crippen molar-refractivity contribution in [2.75, 3.05) is 39.3 Å². The van der Waals surface area contributed by atoms with E-state index in [0.717, 1.165) is 31.4 Å². The second-order valence-electron chi connectivity index (χ2n) is 9.50. The van der Waals surface area contributed by atoms with Gasteiger partial charge in [-0.25, -0.2) is 13.8 Å². The molecule has 3 aromatic carbocycles. The molecule has 1 amide bonds. The second-order valence-corrected chi connectivity index (χ2v) is 12.3. The maximum atomic E-state index is 14.1. The van der Waals surface area contributed by atoms with Gasteiger partial charge in [0.2, 0.25) is 0 Å². The standard InChI is InChI=1S/C31H33BrN4O7S/c1-20-14-22(21(2)36(20)24-9-7-8-23(32)15-24)18-33-34-31(37)19-35(27-16-25(40-3)10-12-28(27)41-4)44(38,39)26-11-13-29(42-5)30(17-26)43-6/h7-18H,19H2,1-6H3,(H,34,37)/b33-18-. The normalized spacial score (nSPS) is 11.3. The van der Waals surface area contributed by atoms with Gasteiger partial charge in [0.1, 0.15) is 18.0 Å². The van der Waals surface area contributed by atoms with Gasteiger partial charge in [-0.1, -0.05) is 22.0 Å². The smallest absolute Gasteiger partial charge is 0.265 e. The SMILES string of the molecule is COc1ccc(OC)c(N(CC(=O)N/N=C\c2cc(C)n(-c3cccc(Br)c3)c2C)S(=O)(=O)c2ccc(OC)c(OC)c2)c1. The summed E-state index contributed by atoms with van der Waals surface area (Å²) in [4.78, 5) is 13.1. The molecular weight excluding hydrogens is 652 g/mol. The topological polar surface area (TPSA) is 121 Å². The molecule has 1 aromatic heterocycles. The highest BCUT2D eigenvalue weighted by Crippen LogP contribution is 2.37. The van der Waals surface area contributed by atoms with Crippen molar-refractivity contribution < 1.29 is 32.2 Å². The summed E-state index contributed by atoms with van der Waals surface area (Å²) < 4.78 is 53.4. The molecule has 0 saturated heterocycles. The molecule has 0 bridgehead atoms. The molecule has 1 N–H and O–H groups in total. The summed E-state index contributed by atoms with van der Waals surface area (Å²) in [7, 11) is 1.36. The first-order chi connectivity index (χ1) is 21.0. The van der Waals surface area contributed by atoms with Crippen LogP contribution in [0.25, 0.3) is 5.69 Å². The van der Waals surface area contributed by atoms with Crippen molar-refractivity contribution in [2.24, 2.45) is 5.10 Å². The molecule has 44 heavy (non-hydrogen) atoms. The van der Waals surface area contributed by atoms with Gasteiger partial charge in [-0.3, -0.25) is 9.10 Å². The van der Waals surface area contributed by atoms with E-state index in [0.29, 0.717) is 11.5 Å².